The molecule has 136 valence electrons. The van der Waals surface area contributed by atoms with E-state index >= 15 is 0 Å². The van der Waals surface area contributed by atoms with Crippen LogP contribution in [0.25, 0.3) is 0 Å². The fourth-order valence-electron chi connectivity index (χ4n) is 3.30. The van der Waals surface area contributed by atoms with Gasteiger partial charge in [0.05, 0.1) is 6.42 Å². The van der Waals surface area contributed by atoms with Gasteiger partial charge in [0.25, 0.3) is 0 Å². The number of nitrogens with zero attached hydrogens (tertiary/aromatic N) is 2. The molecule has 3 nitrogen and oxygen atoms in total. The lowest BCUT2D eigenvalue weighted by Gasteiger charge is -2.38. The molecule has 1 aromatic carbocycles. The molecule has 0 spiro atoms. The fourth-order valence-corrected chi connectivity index (χ4v) is 4.12. The predicted molar refractivity (Wildman–Crippen MR) is 109 cm³/mol. The molecule has 1 fully saturated rings. The number of benzene rings is 1. The molecule has 2 heterocycles. The van der Waals surface area contributed by atoms with Crippen LogP contribution in [0.15, 0.2) is 41.8 Å². The van der Waals surface area contributed by atoms with Gasteiger partial charge in [-0.1, -0.05) is 24.6 Å². The van der Waals surface area contributed by atoms with E-state index < -0.39 is 0 Å². The summed E-state index contributed by atoms with van der Waals surface area (Å²) in [6, 6.07) is 11.9. The zero-order valence-electron chi connectivity index (χ0n) is 14.4. The molecule has 0 bridgehead atoms. The van der Waals surface area contributed by atoms with Gasteiger partial charge in [0.1, 0.15) is 0 Å². The van der Waals surface area contributed by atoms with Crippen LogP contribution in [0, 0.1) is 0 Å². The zero-order chi connectivity index (χ0) is 16.9. The molecule has 0 aliphatic carbocycles. The minimum absolute atomic E-state index is 0. The molecule has 1 aliphatic rings. The minimum Gasteiger partial charge on any atom is -0.309 e. The van der Waals surface area contributed by atoms with Gasteiger partial charge in [-0.2, -0.15) is 0 Å². The average Bonchev–Trinajstić information content (AvgIpc) is 3.10. The SMILES string of the molecule is CCN1CCC(N(C(=O)Cc2cccs2)c2ccc(Cl)cc2)CC1.Cl. The number of likely N-dealkylation sites (tertiary alicyclic amines) is 1. The second kappa shape index (κ2) is 9.58. The van der Waals surface area contributed by atoms with Crippen molar-refractivity contribution >= 4 is 46.9 Å². The van der Waals surface area contributed by atoms with Crippen molar-refractivity contribution in [1.82, 2.24) is 4.90 Å². The molecule has 25 heavy (non-hydrogen) atoms. The van der Waals surface area contributed by atoms with E-state index in [0.717, 1.165) is 43.0 Å². The Labute approximate surface area is 165 Å². The quantitative estimate of drug-likeness (QED) is 0.715. The van der Waals surface area contributed by atoms with E-state index in [1.54, 1.807) is 11.3 Å². The number of anilines is 1. The lowest BCUT2D eigenvalue weighted by Crippen LogP contribution is -2.48. The summed E-state index contributed by atoms with van der Waals surface area (Å²) in [6.45, 7) is 5.38. The Hall–Kier alpha value is -1.07. The number of thiophene rings is 1. The number of amides is 1. The van der Waals surface area contributed by atoms with E-state index in [1.165, 1.54) is 0 Å². The molecule has 3 rings (SSSR count). The van der Waals surface area contributed by atoms with Gasteiger partial charge in [-0.05, 0) is 55.1 Å². The van der Waals surface area contributed by atoms with Crippen molar-refractivity contribution < 1.29 is 4.79 Å². The molecule has 0 unspecified atom stereocenters. The van der Waals surface area contributed by atoms with Crippen molar-refractivity contribution in [3.05, 3.63) is 51.7 Å². The van der Waals surface area contributed by atoms with Gasteiger partial charge >= 0.3 is 0 Å². The topological polar surface area (TPSA) is 23.6 Å². The van der Waals surface area contributed by atoms with Crippen LogP contribution in [0.4, 0.5) is 5.69 Å². The van der Waals surface area contributed by atoms with E-state index in [0.29, 0.717) is 11.4 Å². The molecular formula is C19H24Cl2N2OS. The zero-order valence-corrected chi connectivity index (χ0v) is 16.7. The number of carbonyl (C=O) groups is 1. The van der Waals surface area contributed by atoms with E-state index in [2.05, 4.69) is 11.8 Å². The summed E-state index contributed by atoms with van der Waals surface area (Å²) in [6.07, 6.45) is 2.51. The van der Waals surface area contributed by atoms with E-state index in [9.17, 15) is 4.79 Å². The molecular weight excluding hydrogens is 375 g/mol. The van der Waals surface area contributed by atoms with E-state index in [4.69, 9.17) is 11.6 Å². The highest BCUT2D eigenvalue weighted by Gasteiger charge is 2.28. The summed E-state index contributed by atoms with van der Waals surface area (Å²) in [5, 5.41) is 2.72. The van der Waals surface area contributed by atoms with Gasteiger partial charge in [-0.3, -0.25) is 4.79 Å². The Bertz CT molecular complexity index is 653. The van der Waals surface area contributed by atoms with Crippen molar-refractivity contribution in [2.24, 2.45) is 0 Å². The van der Waals surface area contributed by atoms with Crippen LogP contribution in [-0.4, -0.2) is 36.5 Å². The monoisotopic (exact) mass is 398 g/mol. The second-order valence-corrected chi connectivity index (χ2v) is 7.63. The van der Waals surface area contributed by atoms with Gasteiger partial charge in [0.15, 0.2) is 0 Å². The number of rotatable bonds is 5. The van der Waals surface area contributed by atoms with Gasteiger partial charge in [-0.25, -0.2) is 0 Å². The maximum Gasteiger partial charge on any atom is 0.232 e. The first-order valence-electron chi connectivity index (χ1n) is 8.49. The second-order valence-electron chi connectivity index (χ2n) is 6.16. The highest BCUT2D eigenvalue weighted by Crippen LogP contribution is 2.26. The largest absolute Gasteiger partial charge is 0.309 e. The Kier molecular flexibility index (Phi) is 7.76. The van der Waals surface area contributed by atoms with Crippen LogP contribution >= 0.6 is 35.3 Å². The third-order valence-electron chi connectivity index (χ3n) is 4.65. The van der Waals surface area contributed by atoms with Crippen LogP contribution in [0.2, 0.25) is 5.02 Å². The molecule has 1 saturated heterocycles. The minimum atomic E-state index is 0. The molecule has 1 aliphatic heterocycles. The highest BCUT2D eigenvalue weighted by atomic mass is 35.5. The molecule has 0 radical (unpaired) electrons. The third kappa shape index (κ3) is 5.20. The molecule has 2 aromatic rings. The Morgan fingerprint density at radius 2 is 1.92 bits per heavy atom. The molecule has 0 atom stereocenters. The van der Waals surface area contributed by atoms with Crippen molar-refractivity contribution in [2.45, 2.75) is 32.2 Å². The van der Waals surface area contributed by atoms with Crippen molar-refractivity contribution in [3.8, 4) is 0 Å². The Morgan fingerprint density at radius 1 is 1.24 bits per heavy atom. The first-order chi connectivity index (χ1) is 11.7. The van der Waals surface area contributed by atoms with Crippen LogP contribution in [0.1, 0.15) is 24.6 Å². The van der Waals surface area contributed by atoms with Gasteiger partial charge in [0, 0.05) is 34.7 Å². The molecule has 0 N–H and O–H groups in total. The van der Waals surface area contributed by atoms with Crippen molar-refractivity contribution in [1.29, 1.82) is 0 Å². The van der Waals surface area contributed by atoms with E-state index in [1.807, 2.05) is 46.7 Å². The Morgan fingerprint density at radius 3 is 2.48 bits per heavy atom. The summed E-state index contributed by atoms with van der Waals surface area (Å²) in [5.41, 5.74) is 0.955. The molecule has 1 aromatic heterocycles. The van der Waals surface area contributed by atoms with Crippen LogP contribution < -0.4 is 4.90 Å². The fraction of sp³-hybridized carbons (Fsp3) is 0.421. The third-order valence-corrected chi connectivity index (χ3v) is 5.78. The number of hydrogen-bond donors (Lipinski definition) is 0. The van der Waals surface area contributed by atoms with Crippen molar-refractivity contribution in [2.75, 3.05) is 24.5 Å². The highest BCUT2D eigenvalue weighted by molar-refractivity contribution is 7.10. The van der Waals surface area contributed by atoms with Crippen LogP contribution in [-0.2, 0) is 11.2 Å². The summed E-state index contributed by atoms with van der Waals surface area (Å²) in [7, 11) is 0. The maximum atomic E-state index is 13.0. The summed E-state index contributed by atoms with van der Waals surface area (Å²) >= 11 is 7.67. The summed E-state index contributed by atoms with van der Waals surface area (Å²) < 4.78 is 0. The molecule has 6 heteroatoms. The summed E-state index contributed by atoms with van der Waals surface area (Å²) in [5.74, 6) is 0.176. The summed E-state index contributed by atoms with van der Waals surface area (Å²) in [4.78, 5) is 18.6. The maximum absolute atomic E-state index is 13.0. The normalized spacial score (nSPS) is 15.6. The smallest absolute Gasteiger partial charge is 0.232 e. The molecule has 1 amide bonds. The van der Waals surface area contributed by atoms with Crippen LogP contribution in [0.3, 0.4) is 0 Å². The Balaban J connectivity index is 0.00000225. The van der Waals surface area contributed by atoms with Gasteiger partial charge < -0.3 is 9.80 Å². The molecule has 0 saturated carbocycles. The lowest BCUT2D eigenvalue weighted by atomic mass is 10.0. The van der Waals surface area contributed by atoms with Gasteiger partial charge in [0.2, 0.25) is 5.91 Å². The van der Waals surface area contributed by atoms with Crippen molar-refractivity contribution in [3.63, 3.8) is 0 Å². The first kappa shape index (κ1) is 20.2. The number of hydrogen-bond acceptors (Lipinski definition) is 3. The number of halogens is 2. The predicted octanol–water partition coefficient (Wildman–Crippen LogP) is 4.88. The average molecular weight is 399 g/mol. The van der Waals surface area contributed by atoms with E-state index in [-0.39, 0.29) is 24.4 Å². The van der Waals surface area contributed by atoms with Gasteiger partial charge in [-0.15, -0.1) is 23.7 Å². The lowest BCUT2D eigenvalue weighted by molar-refractivity contribution is -0.118. The number of carbonyl (C=O) groups excluding carboxylic acids is 1. The van der Waals surface area contributed by atoms with Crippen LogP contribution in [0.5, 0.6) is 0 Å². The standard InChI is InChI=1S/C19H23ClN2OS.ClH/c1-2-21-11-9-17(10-12-21)22(16-7-5-15(20)6-8-16)19(23)14-18-4-3-13-24-18;/h3-8,13,17H,2,9-12,14H2,1H3;1H. The first-order valence-corrected chi connectivity index (χ1v) is 9.75. The number of piperidine rings is 1.